The zero-order valence-corrected chi connectivity index (χ0v) is 16.3. The number of anilines is 1. The van der Waals surface area contributed by atoms with Crippen molar-refractivity contribution >= 4 is 69.5 Å². The van der Waals surface area contributed by atoms with E-state index in [9.17, 15) is 13.2 Å². The van der Waals surface area contributed by atoms with Gasteiger partial charge in [0.25, 0.3) is 16.0 Å². The number of benzene rings is 2. The van der Waals surface area contributed by atoms with Crippen molar-refractivity contribution in [3.8, 4) is 0 Å². The minimum Gasteiger partial charge on any atom is -0.322 e. The van der Waals surface area contributed by atoms with E-state index >= 15 is 0 Å². The van der Waals surface area contributed by atoms with Gasteiger partial charge in [-0.15, -0.1) is 0 Å². The third kappa shape index (κ3) is 4.17. The van der Waals surface area contributed by atoms with Crippen molar-refractivity contribution in [2.24, 2.45) is 0 Å². The molecular formula is C13H8Br3NO4S. The monoisotopic (exact) mass is 511 g/mol. The number of hydrogen-bond acceptors (Lipinski definition) is 3. The molecule has 2 rings (SSSR count). The lowest BCUT2D eigenvalue weighted by Gasteiger charge is -2.09. The van der Waals surface area contributed by atoms with Crippen LogP contribution in [-0.2, 0) is 10.1 Å². The largest absolute Gasteiger partial charge is 0.322 e. The minimum absolute atomic E-state index is 0.239. The molecule has 116 valence electrons. The molecule has 2 aromatic carbocycles. The first-order chi connectivity index (χ1) is 10.2. The van der Waals surface area contributed by atoms with Gasteiger partial charge in [-0.3, -0.25) is 9.35 Å². The van der Waals surface area contributed by atoms with Crippen LogP contribution in [0.2, 0.25) is 0 Å². The first-order valence-corrected chi connectivity index (χ1v) is 9.54. The molecule has 0 radical (unpaired) electrons. The summed E-state index contributed by atoms with van der Waals surface area (Å²) in [5.41, 5.74) is 0.806. The molecule has 0 heterocycles. The highest BCUT2D eigenvalue weighted by Gasteiger charge is 2.15. The number of amides is 1. The maximum Gasteiger partial charge on any atom is 0.294 e. The van der Waals surface area contributed by atoms with Crippen molar-refractivity contribution in [2.75, 3.05) is 5.32 Å². The third-order valence-corrected chi connectivity index (χ3v) is 5.99. The standard InChI is InChI=1S/C13H8Br3NO4S/c14-7-5-10(12(16)11(15)6-7)13(18)17-8-1-3-9(4-2-8)22(19,20)21/h1-6H,(H,17,18)(H,19,20,21). The van der Waals surface area contributed by atoms with E-state index in [1.54, 1.807) is 12.1 Å². The average molecular weight is 514 g/mol. The molecule has 0 unspecified atom stereocenters. The van der Waals surface area contributed by atoms with Crippen LogP contribution in [0.4, 0.5) is 5.69 Å². The highest BCUT2D eigenvalue weighted by Crippen LogP contribution is 2.31. The van der Waals surface area contributed by atoms with Crippen molar-refractivity contribution < 1.29 is 17.8 Å². The Morgan fingerprint density at radius 1 is 1.05 bits per heavy atom. The first kappa shape index (κ1) is 17.6. The summed E-state index contributed by atoms with van der Waals surface area (Å²) in [6, 6.07) is 8.63. The lowest BCUT2D eigenvalue weighted by atomic mass is 10.2. The summed E-state index contributed by atoms with van der Waals surface area (Å²) in [6.45, 7) is 0. The highest BCUT2D eigenvalue weighted by atomic mass is 79.9. The number of nitrogens with one attached hydrogen (secondary N) is 1. The molecule has 0 saturated heterocycles. The molecule has 5 nitrogen and oxygen atoms in total. The van der Waals surface area contributed by atoms with Gasteiger partial charge >= 0.3 is 0 Å². The van der Waals surface area contributed by atoms with Crippen LogP contribution in [0.25, 0.3) is 0 Å². The molecule has 0 bridgehead atoms. The van der Waals surface area contributed by atoms with E-state index < -0.39 is 10.1 Å². The van der Waals surface area contributed by atoms with E-state index in [1.807, 2.05) is 0 Å². The lowest BCUT2D eigenvalue weighted by Crippen LogP contribution is -2.13. The van der Waals surface area contributed by atoms with E-state index in [0.717, 1.165) is 4.47 Å². The van der Waals surface area contributed by atoms with Gasteiger partial charge in [-0.05, 0) is 68.3 Å². The SMILES string of the molecule is O=C(Nc1ccc(S(=O)(=O)O)cc1)c1cc(Br)cc(Br)c1Br. The quantitative estimate of drug-likeness (QED) is 0.468. The van der Waals surface area contributed by atoms with Crippen LogP contribution in [0, 0.1) is 0 Å². The fourth-order valence-corrected chi connectivity index (χ4v) is 3.74. The van der Waals surface area contributed by atoms with Gasteiger partial charge in [0.2, 0.25) is 0 Å². The van der Waals surface area contributed by atoms with Gasteiger partial charge in [0.05, 0.1) is 10.5 Å². The number of halogens is 3. The Hall–Kier alpha value is -0.740. The Labute approximate surface area is 152 Å². The van der Waals surface area contributed by atoms with Gasteiger partial charge in [0.1, 0.15) is 0 Å². The van der Waals surface area contributed by atoms with Gasteiger partial charge in [0.15, 0.2) is 0 Å². The fourth-order valence-electron chi connectivity index (χ4n) is 1.63. The molecular weight excluding hydrogens is 506 g/mol. The molecule has 0 aliphatic carbocycles. The van der Waals surface area contributed by atoms with Crippen molar-refractivity contribution in [3.63, 3.8) is 0 Å². The Bertz CT molecular complexity index is 835. The second-order valence-electron chi connectivity index (χ2n) is 4.20. The van der Waals surface area contributed by atoms with Crippen LogP contribution in [0.5, 0.6) is 0 Å². The van der Waals surface area contributed by atoms with Crippen LogP contribution in [0.3, 0.4) is 0 Å². The highest BCUT2D eigenvalue weighted by molar-refractivity contribution is 9.13. The Morgan fingerprint density at radius 3 is 2.18 bits per heavy atom. The van der Waals surface area contributed by atoms with Crippen LogP contribution in [-0.4, -0.2) is 18.9 Å². The van der Waals surface area contributed by atoms with E-state index in [0.29, 0.717) is 20.2 Å². The van der Waals surface area contributed by atoms with Crippen molar-refractivity contribution in [1.29, 1.82) is 0 Å². The lowest BCUT2D eigenvalue weighted by molar-refractivity contribution is 0.102. The molecule has 0 aliphatic rings. The summed E-state index contributed by atoms with van der Waals surface area (Å²) in [6.07, 6.45) is 0. The molecule has 0 saturated carbocycles. The third-order valence-electron chi connectivity index (χ3n) is 2.65. The van der Waals surface area contributed by atoms with Gasteiger partial charge in [-0.1, -0.05) is 15.9 Å². The summed E-state index contributed by atoms with van der Waals surface area (Å²) in [4.78, 5) is 12.0. The van der Waals surface area contributed by atoms with Crippen molar-refractivity contribution in [1.82, 2.24) is 0 Å². The number of carbonyl (C=O) groups excluding carboxylic acids is 1. The Balaban J connectivity index is 2.26. The molecule has 22 heavy (non-hydrogen) atoms. The summed E-state index contributed by atoms with van der Waals surface area (Å²) in [5, 5.41) is 2.65. The normalized spacial score (nSPS) is 11.3. The number of hydrogen-bond donors (Lipinski definition) is 2. The average Bonchev–Trinajstić information content (AvgIpc) is 2.42. The van der Waals surface area contributed by atoms with Crippen LogP contribution < -0.4 is 5.32 Å². The molecule has 2 aromatic rings. The predicted octanol–water partition coefficient (Wildman–Crippen LogP) is 4.47. The van der Waals surface area contributed by atoms with E-state index in [1.165, 1.54) is 24.3 Å². The zero-order valence-electron chi connectivity index (χ0n) is 10.7. The van der Waals surface area contributed by atoms with Crippen molar-refractivity contribution in [2.45, 2.75) is 4.90 Å². The summed E-state index contributed by atoms with van der Waals surface area (Å²) < 4.78 is 32.9. The molecule has 0 aromatic heterocycles. The van der Waals surface area contributed by atoms with Gasteiger partial charge < -0.3 is 5.32 Å². The van der Waals surface area contributed by atoms with Crippen molar-refractivity contribution in [3.05, 3.63) is 55.4 Å². The molecule has 0 aliphatic heterocycles. The van der Waals surface area contributed by atoms with E-state index in [4.69, 9.17) is 4.55 Å². The van der Waals surface area contributed by atoms with Gasteiger partial charge in [-0.2, -0.15) is 8.42 Å². The molecule has 0 atom stereocenters. The maximum absolute atomic E-state index is 12.3. The van der Waals surface area contributed by atoms with Crippen LogP contribution >= 0.6 is 47.8 Å². The van der Waals surface area contributed by atoms with Gasteiger partial charge in [0, 0.05) is 19.1 Å². The summed E-state index contributed by atoms with van der Waals surface area (Å²) in [5.74, 6) is -0.367. The van der Waals surface area contributed by atoms with Crippen LogP contribution in [0.15, 0.2) is 54.7 Å². The minimum atomic E-state index is -4.25. The van der Waals surface area contributed by atoms with Gasteiger partial charge in [-0.25, -0.2) is 0 Å². The Morgan fingerprint density at radius 2 is 1.64 bits per heavy atom. The topological polar surface area (TPSA) is 83.5 Å². The molecule has 9 heteroatoms. The molecule has 0 spiro atoms. The zero-order chi connectivity index (χ0) is 16.5. The second-order valence-corrected chi connectivity index (χ2v) is 8.19. The Kier molecular flexibility index (Phi) is 5.44. The number of rotatable bonds is 3. The van der Waals surface area contributed by atoms with E-state index in [2.05, 4.69) is 53.1 Å². The molecule has 2 N–H and O–H groups in total. The maximum atomic E-state index is 12.3. The molecule has 0 fully saturated rings. The first-order valence-electron chi connectivity index (χ1n) is 5.72. The summed E-state index contributed by atoms with van der Waals surface area (Å²) in [7, 11) is -4.25. The van der Waals surface area contributed by atoms with Crippen LogP contribution in [0.1, 0.15) is 10.4 Å². The van der Waals surface area contributed by atoms with E-state index in [-0.39, 0.29) is 10.8 Å². The predicted molar refractivity (Wildman–Crippen MR) is 93.8 cm³/mol. The summed E-state index contributed by atoms with van der Waals surface area (Å²) >= 11 is 9.96. The number of carbonyl (C=O) groups is 1. The molecule has 1 amide bonds. The fraction of sp³-hybridized carbons (Fsp3) is 0. The smallest absolute Gasteiger partial charge is 0.294 e. The second kappa shape index (κ2) is 6.79.